The molecule has 0 radical (unpaired) electrons. The Morgan fingerprint density at radius 2 is 1.86 bits per heavy atom. The summed E-state index contributed by atoms with van der Waals surface area (Å²) in [5.41, 5.74) is 0.780. The van der Waals surface area contributed by atoms with E-state index >= 15 is 0 Å². The van der Waals surface area contributed by atoms with Crippen molar-refractivity contribution in [3.8, 4) is 5.75 Å². The molecule has 2 atom stereocenters. The topological polar surface area (TPSA) is 46.0 Å². The number of rotatable bonds is 6. The minimum Gasteiger partial charge on any atom is -0.495 e. The van der Waals surface area contributed by atoms with Gasteiger partial charge in [0.1, 0.15) is 11.8 Å². The lowest BCUT2D eigenvalue weighted by atomic mass is 9.94. The van der Waals surface area contributed by atoms with Crippen LogP contribution in [0.15, 0.2) is 41.8 Å². The van der Waals surface area contributed by atoms with Crippen molar-refractivity contribution in [2.45, 2.75) is 39.8 Å². The number of piperazine rings is 1. The molecule has 1 aliphatic heterocycles. The highest BCUT2D eigenvalue weighted by Gasteiger charge is 2.36. The van der Waals surface area contributed by atoms with Crippen molar-refractivity contribution in [3.63, 3.8) is 0 Å². The molecule has 1 aromatic heterocycles. The third kappa shape index (κ3) is 5.11. The van der Waals surface area contributed by atoms with Crippen LogP contribution in [0.1, 0.15) is 38.6 Å². The molecule has 0 unspecified atom stereocenters. The molecule has 1 aromatic carbocycles. The van der Waals surface area contributed by atoms with Gasteiger partial charge in [0.2, 0.25) is 5.91 Å². The molecule has 29 heavy (non-hydrogen) atoms. The number of methoxy groups -OCH3 is 1. The van der Waals surface area contributed by atoms with Gasteiger partial charge in [-0.3, -0.25) is 4.79 Å². The van der Waals surface area contributed by atoms with Crippen molar-refractivity contribution in [2.24, 2.45) is 5.41 Å². The third-order valence-electron chi connectivity index (χ3n) is 5.66. The molecule has 0 bridgehead atoms. The Kier molecular flexibility index (Phi) is 6.85. The molecule has 158 valence electrons. The zero-order chi connectivity index (χ0) is 21.0. The molecule has 0 spiro atoms. The van der Waals surface area contributed by atoms with Crippen LogP contribution in [0.5, 0.6) is 5.75 Å². The van der Waals surface area contributed by atoms with Crippen LogP contribution in [0.3, 0.4) is 0 Å². The third-order valence-corrected chi connectivity index (χ3v) is 6.62. The zero-order valence-corrected chi connectivity index (χ0v) is 19.0. The second-order valence-electron chi connectivity index (χ2n) is 8.82. The van der Waals surface area contributed by atoms with E-state index < -0.39 is 0 Å². The molecule has 1 fully saturated rings. The van der Waals surface area contributed by atoms with E-state index in [-0.39, 0.29) is 23.4 Å². The normalized spacial score (nSPS) is 17.6. The van der Waals surface area contributed by atoms with E-state index in [1.165, 1.54) is 9.78 Å². The number of amides is 1. The molecule has 3 rings (SSSR count). The minimum atomic E-state index is -0.383. The number of hydrogen-bond acceptors (Lipinski definition) is 4. The summed E-state index contributed by atoms with van der Waals surface area (Å²) in [6.45, 7) is 12.0. The molecule has 2 heterocycles. The van der Waals surface area contributed by atoms with E-state index in [4.69, 9.17) is 4.74 Å². The molecule has 1 aliphatic rings. The van der Waals surface area contributed by atoms with Gasteiger partial charge in [-0.15, -0.1) is 11.3 Å². The lowest BCUT2D eigenvalue weighted by molar-refractivity contribution is -0.933. The molecule has 6 heteroatoms. The van der Waals surface area contributed by atoms with Crippen molar-refractivity contribution in [1.29, 1.82) is 0 Å². The first-order chi connectivity index (χ1) is 13.8. The number of thiophene rings is 1. The predicted octanol–water partition coefficient (Wildman–Crippen LogP) is 2.75. The summed E-state index contributed by atoms with van der Waals surface area (Å²) in [5, 5.41) is 5.41. The number of ether oxygens (including phenoxy) is 1. The quantitative estimate of drug-likeness (QED) is 0.761. The number of quaternary nitrogens is 1. The zero-order valence-electron chi connectivity index (χ0n) is 18.2. The molecule has 2 N–H and O–H groups in total. The van der Waals surface area contributed by atoms with Crippen molar-refractivity contribution >= 4 is 22.9 Å². The smallest absolute Gasteiger partial charge is 0.225 e. The number of para-hydroxylation sites is 2. The van der Waals surface area contributed by atoms with Gasteiger partial charge in [0.05, 0.1) is 49.9 Å². The summed E-state index contributed by atoms with van der Waals surface area (Å²) in [4.78, 5) is 17.9. The Labute approximate surface area is 178 Å². The standard InChI is InChI=1S/C23H33N3O2S/c1-17(24-22(27)23(2,3)4)21(20-11-8-16-29-20)26-14-12-25(13-15-26)18-9-6-7-10-19(18)28-5/h6-11,16-17,21H,12-15H2,1-5H3,(H,24,27)/p+1/t17-,21-/m0/s1. The highest BCUT2D eigenvalue weighted by Crippen LogP contribution is 2.28. The first-order valence-electron chi connectivity index (χ1n) is 10.4. The number of anilines is 1. The van der Waals surface area contributed by atoms with Gasteiger partial charge in [0.25, 0.3) is 0 Å². The van der Waals surface area contributed by atoms with Crippen LogP contribution in [0.4, 0.5) is 5.69 Å². The van der Waals surface area contributed by atoms with Crippen LogP contribution in [0.25, 0.3) is 0 Å². The van der Waals surface area contributed by atoms with E-state index in [1.807, 2.05) is 32.9 Å². The molecule has 0 saturated carbocycles. The number of benzene rings is 1. The highest BCUT2D eigenvalue weighted by molar-refractivity contribution is 7.10. The summed E-state index contributed by atoms with van der Waals surface area (Å²) < 4.78 is 5.55. The average molecular weight is 417 g/mol. The van der Waals surface area contributed by atoms with Gasteiger partial charge in [-0.1, -0.05) is 39.0 Å². The molecule has 0 aliphatic carbocycles. The lowest BCUT2D eigenvalue weighted by Gasteiger charge is -2.40. The average Bonchev–Trinajstić information content (AvgIpc) is 3.22. The molecular weight excluding hydrogens is 382 g/mol. The number of nitrogens with zero attached hydrogens (tertiary/aromatic N) is 1. The summed E-state index contributed by atoms with van der Waals surface area (Å²) in [6, 6.07) is 12.9. The van der Waals surface area contributed by atoms with Gasteiger partial charge < -0.3 is 19.9 Å². The van der Waals surface area contributed by atoms with Gasteiger partial charge >= 0.3 is 0 Å². The fraction of sp³-hybridized carbons (Fsp3) is 0.522. The largest absolute Gasteiger partial charge is 0.495 e. The summed E-state index contributed by atoms with van der Waals surface area (Å²) in [5.74, 6) is 1.04. The molecule has 5 nitrogen and oxygen atoms in total. The second-order valence-corrected chi connectivity index (χ2v) is 9.80. The van der Waals surface area contributed by atoms with Crippen molar-refractivity contribution in [1.82, 2.24) is 5.32 Å². The van der Waals surface area contributed by atoms with Crippen molar-refractivity contribution in [2.75, 3.05) is 38.2 Å². The Bertz CT molecular complexity index is 793. The Hall–Kier alpha value is -2.05. The Morgan fingerprint density at radius 1 is 1.17 bits per heavy atom. The minimum absolute atomic E-state index is 0.0770. The van der Waals surface area contributed by atoms with Gasteiger partial charge in [0, 0.05) is 5.41 Å². The van der Waals surface area contributed by atoms with Crippen LogP contribution in [0, 0.1) is 5.41 Å². The number of nitrogens with one attached hydrogen (secondary N) is 2. The number of carbonyl (C=O) groups excluding carboxylic acids is 1. The van der Waals surface area contributed by atoms with Crippen LogP contribution in [0.2, 0.25) is 0 Å². The van der Waals surface area contributed by atoms with Gasteiger partial charge in [-0.05, 0) is 30.5 Å². The maximum absolute atomic E-state index is 12.6. The number of carbonyl (C=O) groups is 1. The summed E-state index contributed by atoms with van der Waals surface area (Å²) in [7, 11) is 1.73. The Balaban J connectivity index is 1.73. The first kappa shape index (κ1) is 21.7. The summed E-state index contributed by atoms with van der Waals surface area (Å²) in [6.07, 6.45) is 0. The van der Waals surface area contributed by atoms with Crippen molar-refractivity contribution < 1.29 is 14.4 Å². The van der Waals surface area contributed by atoms with Gasteiger partial charge in [-0.2, -0.15) is 0 Å². The first-order valence-corrected chi connectivity index (χ1v) is 11.3. The number of hydrogen-bond donors (Lipinski definition) is 2. The lowest BCUT2D eigenvalue weighted by Crippen LogP contribution is -3.16. The fourth-order valence-corrected chi connectivity index (χ4v) is 5.00. The van der Waals surface area contributed by atoms with Crippen LogP contribution in [-0.4, -0.2) is 45.2 Å². The van der Waals surface area contributed by atoms with Gasteiger partial charge in [0.15, 0.2) is 0 Å². The summed E-state index contributed by atoms with van der Waals surface area (Å²) >= 11 is 1.79. The fourth-order valence-electron chi connectivity index (χ4n) is 4.01. The van der Waals surface area contributed by atoms with E-state index in [0.29, 0.717) is 0 Å². The van der Waals surface area contributed by atoms with E-state index in [0.717, 1.165) is 37.6 Å². The maximum Gasteiger partial charge on any atom is 0.225 e. The van der Waals surface area contributed by atoms with Crippen LogP contribution in [-0.2, 0) is 4.79 Å². The van der Waals surface area contributed by atoms with Crippen LogP contribution >= 0.6 is 11.3 Å². The van der Waals surface area contributed by atoms with E-state index in [1.54, 1.807) is 18.4 Å². The predicted molar refractivity (Wildman–Crippen MR) is 120 cm³/mol. The molecule has 1 saturated heterocycles. The molecule has 2 aromatic rings. The van der Waals surface area contributed by atoms with E-state index in [2.05, 4.69) is 46.8 Å². The van der Waals surface area contributed by atoms with Crippen molar-refractivity contribution in [3.05, 3.63) is 46.7 Å². The van der Waals surface area contributed by atoms with E-state index in [9.17, 15) is 4.79 Å². The van der Waals surface area contributed by atoms with Crippen LogP contribution < -0.4 is 19.9 Å². The highest BCUT2D eigenvalue weighted by atomic mass is 32.1. The SMILES string of the molecule is COc1ccccc1N1CC[NH+]([C@H](c2cccs2)[C@H](C)NC(=O)C(C)(C)C)CC1. The molecule has 1 amide bonds. The second kappa shape index (κ2) is 9.18. The van der Waals surface area contributed by atoms with Gasteiger partial charge in [-0.25, -0.2) is 0 Å². The maximum atomic E-state index is 12.6. The Morgan fingerprint density at radius 3 is 2.45 bits per heavy atom. The monoisotopic (exact) mass is 416 g/mol. The molecular formula is C23H34N3O2S+.